The molecule has 0 bridgehead atoms. The highest BCUT2D eigenvalue weighted by Gasteiger charge is 2.22. The number of rotatable bonds is 3. The van der Waals surface area contributed by atoms with E-state index in [1.165, 1.54) is 0 Å². The van der Waals surface area contributed by atoms with Crippen LogP contribution in [0.2, 0.25) is 5.15 Å². The van der Waals surface area contributed by atoms with Crippen molar-refractivity contribution in [3.05, 3.63) is 32.3 Å². The lowest BCUT2D eigenvalue weighted by molar-refractivity contribution is 0.175. The summed E-state index contributed by atoms with van der Waals surface area (Å²) >= 11 is 9.66. The van der Waals surface area contributed by atoms with Crippen LogP contribution in [0, 0.1) is 13.8 Å². The van der Waals surface area contributed by atoms with Gasteiger partial charge in [0.1, 0.15) is 5.15 Å². The van der Waals surface area contributed by atoms with Crippen molar-refractivity contribution in [3.63, 3.8) is 0 Å². The Morgan fingerprint density at radius 1 is 1.21 bits per heavy atom. The van der Waals surface area contributed by atoms with Crippen molar-refractivity contribution < 1.29 is 5.11 Å². The Balaban J connectivity index is 2.33. The fourth-order valence-corrected chi connectivity index (χ4v) is 3.01. The molecule has 2 heterocycles. The first-order valence-electron chi connectivity index (χ1n) is 5.88. The van der Waals surface area contributed by atoms with Crippen LogP contribution >= 0.6 is 27.5 Å². The van der Waals surface area contributed by atoms with Gasteiger partial charge in [0, 0.05) is 26.1 Å². The minimum absolute atomic E-state index is 0.435. The lowest BCUT2D eigenvalue weighted by atomic mass is 10.1. The molecule has 0 aliphatic carbocycles. The molecule has 0 aliphatic heterocycles. The van der Waals surface area contributed by atoms with Crippen molar-refractivity contribution in [3.8, 4) is 0 Å². The van der Waals surface area contributed by atoms with Gasteiger partial charge in [-0.3, -0.25) is 9.36 Å². The third-order valence-electron chi connectivity index (χ3n) is 3.18. The van der Waals surface area contributed by atoms with Crippen LogP contribution in [0.4, 0.5) is 0 Å². The van der Waals surface area contributed by atoms with Crippen molar-refractivity contribution >= 4 is 27.5 Å². The Bertz CT molecular complexity index is 620. The molecule has 0 amide bonds. The average Bonchev–Trinajstić information content (AvgIpc) is 2.70. The zero-order valence-electron chi connectivity index (χ0n) is 11.3. The van der Waals surface area contributed by atoms with Crippen LogP contribution in [-0.4, -0.2) is 24.7 Å². The summed E-state index contributed by atoms with van der Waals surface area (Å²) in [5.74, 6) is 0. The Morgan fingerprint density at radius 2 is 1.79 bits per heavy atom. The molecule has 0 spiro atoms. The molecule has 19 heavy (non-hydrogen) atoms. The van der Waals surface area contributed by atoms with E-state index >= 15 is 0 Å². The molecule has 2 rings (SSSR count). The van der Waals surface area contributed by atoms with Gasteiger partial charge in [0.05, 0.1) is 27.7 Å². The van der Waals surface area contributed by atoms with Gasteiger partial charge in [0.15, 0.2) is 0 Å². The lowest BCUT2D eigenvalue weighted by Crippen LogP contribution is -2.08. The second kappa shape index (κ2) is 5.26. The number of hydrogen-bond acceptors (Lipinski definition) is 3. The van der Waals surface area contributed by atoms with Crippen LogP contribution in [0.5, 0.6) is 0 Å². The molecule has 2 aromatic heterocycles. The highest BCUT2D eigenvalue weighted by atomic mass is 79.9. The average molecular weight is 348 g/mol. The fourth-order valence-electron chi connectivity index (χ4n) is 2.21. The lowest BCUT2D eigenvalue weighted by Gasteiger charge is -2.11. The first-order chi connectivity index (χ1) is 8.82. The van der Waals surface area contributed by atoms with Gasteiger partial charge in [-0.05, 0) is 29.8 Å². The minimum atomic E-state index is -0.702. The van der Waals surface area contributed by atoms with Crippen molar-refractivity contribution in [1.82, 2.24) is 19.6 Å². The van der Waals surface area contributed by atoms with Crippen LogP contribution in [0.1, 0.15) is 28.7 Å². The van der Waals surface area contributed by atoms with E-state index in [0.29, 0.717) is 17.1 Å². The van der Waals surface area contributed by atoms with E-state index in [-0.39, 0.29) is 0 Å². The second-order valence-electron chi connectivity index (χ2n) is 4.60. The van der Waals surface area contributed by atoms with E-state index in [1.807, 2.05) is 20.9 Å². The molecule has 1 N–H and O–H groups in total. The van der Waals surface area contributed by atoms with Gasteiger partial charge in [0.25, 0.3) is 0 Å². The van der Waals surface area contributed by atoms with Crippen molar-refractivity contribution in [2.45, 2.75) is 26.4 Å². The van der Waals surface area contributed by atoms with Gasteiger partial charge in [-0.25, -0.2) is 0 Å². The number of hydrogen-bond donors (Lipinski definition) is 1. The van der Waals surface area contributed by atoms with Gasteiger partial charge in [-0.2, -0.15) is 10.2 Å². The molecule has 0 aliphatic rings. The predicted octanol–water partition coefficient (Wildman–Crippen LogP) is 2.46. The first-order valence-corrected chi connectivity index (χ1v) is 7.05. The molecule has 0 radical (unpaired) electrons. The predicted molar refractivity (Wildman–Crippen MR) is 77.3 cm³/mol. The third kappa shape index (κ3) is 2.57. The molecule has 0 saturated heterocycles. The molecule has 1 atom stereocenters. The van der Waals surface area contributed by atoms with Gasteiger partial charge in [-0.15, -0.1) is 0 Å². The second-order valence-corrected chi connectivity index (χ2v) is 5.75. The van der Waals surface area contributed by atoms with Gasteiger partial charge >= 0.3 is 0 Å². The van der Waals surface area contributed by atoms with E-state index in [1.54, 1.807) is 16.4 Å². The number of nitrogens with zero attached hydrogens (tertiary/aromatic N) is 4. The van der Waals surface area contributed by atoms with Crippen LogP contribution in [0.15, 0.2) is 4.47 Å². The fraction of sp³-hybridized carbons (Fsp3) is 0.500. The molecule has 7 heteroatoms. The summed E-state index contributed by atoms with van der Waals surface area (Å²) in [6.45, 7) is 3.76. The Hall–Kier alpha value is -0.850. The van der Waals surface area contributed by atoms with E-state index in [9.17, 15) is 5.11 Å². The number of aliphatic hydroxyl groups is 1. The van der Waals surface area contributed by atoms with Gasteiger partial charge in [-0.1, -0.05) is 11.6 Å². The molecule has 0 aromatic carbocycles. The number of aryl methyl sites for hydroxylation is 4. The quantitative estimate of drug-likeness (QED) is 0.928. The summed E-state index contributed by atoms with van der Waals surface area (Å²) < 4.78 is 4.26. The Labute approximate surface area is 125 Å². The number of halogens is 2. The summed E-state index contributed by atoms with van der Waals surface area (Å²) in [5.41, 5.74) is 3.26. The van der Waals surface area contributed by atoms with Crippen LogP contribution in [0.25, 0.3) is 0 Å². The summed E-state index contributed by atoms with van der Waals surface area (Å²) in [6.07, 6.45) is -0.267. The van der Waals surface area contributed by atoms with Gasteiger partial charge in [0.2, 0.25) is 0 Å². The highest BCUT2D eigenvalue weighted by Crippen LogP contribution is 2.30. The highest BCUT2D eigenvalue weighted by molar-refractivity contribution is 9.10. The largest absolute Gasteiger partial charge is 0.388 e. The molecular formula is C12H16BrClN4O. The van der Waals surface area contributed by atoms with Crippen molar-refractivity contribution in [2.75, 3.05) is 0 Å². The van der Waals surface area contributed by atoms with Crippen molar-refractivity contribution in [2.24, 2.45) is 14.1 Å². The summed E-state index contributed by atoms with van der Waals surface area (Å²) in [4.78, 5) is 0. The molecule has 0 fully saturated rings. The van der Waals surface area contributed by atoms with Crippen molar-refractivity contribution in [1.29, 1.82) is 0 Å². The Morgan fingerprint density at radius 3 is 2.21 bits per heavy atom. The summed E-state index contributed by atoms with van der Waals surface area (Å²) in [5, 5.41) is 19.4. The zero-order chi connectivity index (χ0) is 14.3. The summed E-state index contributed by atoms with van der Waals surface area (Å²) in [7, 11) is 3.62. The summed E-state index contributed by atoms with van der Waals surface area (Å²) in [6, 6.07) is 0. The monoisotopic (exact) mass is 346 g/mol. The van der Waals surface area contributed by atoms with E-state index < -0.39 is 6.10 Å². The third-order valence-corrected chi connectivity index (χ3v) is 4.66. The van der Waals surface area contributed by atoms with E-state index in [2.05, 4.69) is 26.1 Å². The number of aromatic nitrogens is 4. The van der Waals surface area contributed by atoms with Crippen LogP contribution < -0.4 is 0 Å². The van der Waals surface area contributed by atoms with Crippen LogP contribution in [0.3, 0.4) is 0 Å². The Kier molecular flexibility index (Phi) is 4.03. The first kappa shape index (κ1) is 14.6. The molecule has 0 saturated carbocycles. The SMILES string of the molecule is Cc1nn(C)c(CC(O)c2c(C)nn(C)c2Cl)c1Br. The molecule has 2 aromatic rings. The topological polar surface area (TPSA) is 55.9 Å². The molecule has 1 unspecified atom stereocenters. The molecule has 5 nitrogen and oxygen atoms in total. The normalized spacial score (nSPS) is 13.0. The minimum Gasteiger partial charge on any atom is -0.388 e. The van der Waals surface area contributed by atoms with E-state index in [0.717, 1.165) is 21.6 Å². The maximum Gasteiger partial charge on any atom is 0.132 e. The maximum absolute atomic E-state index is 10.4. The van der Waals surface area contributed by atoms with Crippen LogP contribution in [-0.2, 0) is 20.5 Å². The standard InChI is InChI=1S/C12H16BrClN4O/c1-6-10(12(14)18(4)15-6)9(19)5-8-11(13)7(2)16-17(8)3/h9,19H,5H2,1-4H3. The zero-order valence-corrected chi connectivity index (χ0v) is 13.6. The molecule has 104 valence electrons. The molecular weight excluding hydrogens is 332 g/mol. The van der Waals surface area contributed by atoms with E-state index in [4.69, 9.17) is 11.6 Å². The van der Waals surface area contributed by atoms with Gasteiger partial charge < -0.3 is 5.11 Å². The maximum atomic E-state index is 10.4. The number of aliphatic hydroxyl groups excluding tert-OH is 1. The smallest absolute Gasteiger partial charge is 0.132 e.